The van der Waals surface area contributed by atoms with E-state index in [-0.39, 0.29) is 5.02 Å². The van der Waals surface area contributed by atoms with Gasteiger partial charge in [0, 0.05) is 5.39 Å². The number of rotatable bonds is 5. The number of nitrogens with one attached hydrogen (secondary N) is 1. The smallest absolute Gasteiger partial charge is 0.339 e. The molecule has 0 aliphatic rings. The average molecular weight is 457 g/mol. The molecule has 1 N–H and O–H groups in total. The third-order valence-electron chi connectivity index (χ3n) is 4.27. The van der Waals surface area contributed by atoms with Crippen molar-refractivity contribution in [2.45, 2.75) is 0 Å². The average Bonchev–Trinajstić information content (AvgIpc) is 3.29. The summed E-state index contributed by atoms with van der Waals surface area (Å²) in [6, 6.07) is 17.7. The third kappa shape index (κ3) is 4.31. The zero-order valence-corrected chi connectivity index (χ0v) is 17.7. The van der Waals surface area contributed by atoms with E-state index in [1.165, 1.54) is 11.3 Å². The minimum atomic E-state index is -0.612. The first-order valence-corrected chi connectivity index (χ1v) is 10.5. The predicted molar refractivity (Wildman–Crippen MR) is 120 cm³/mol. The molecule has 0 saturated heterocycles. The molecule has 0 unspecified atom stereocenters. The second-order valence-corrected chi connectivity index (χ2v) is 8.01. The number of carbonyl (C=O) groups is 2. The topological polar surface area (TPSA) is 68.3 Å². The number of benzene rings is 2. The molecule has 2 aromatic heterocycles. The number of fused-ring (bicyclic) bond motifs is 1. The van der Waals surface area contributed by atoms with Gasteiger partial charge in [0.25, 0.3) is 5.91 Å². The summed E-state index contributed by atoms with van der Waals surface area (Å²) in [5, 5.41) is 5.72. The van der Waals surface area contributed by atoms with Gasteiger partial charge in [-0.15, -0.1) is 11.3 Å². The van der Waals surface area contributed by atoms with E-state index in [1.807, 2.05) is 35.7 Å². The molecule has 0 aliphatic heterocycles. The van der Waals surface area contributed by atoms with Gasteiger partial charge in [-0.2, -0.15) is 0 Å². The number of hydrogen-bond acceptors (Lipinski definition) is 5. The molecule has 4 aromatic rings. The van der Waals surface area contributed by atoms with Gasteiger partial charge in [0.05, 0.1) is 37.4 Å². The van der Waals surface area contributed by atoms with Crippen molar-refractivity contribution in [3.05, 3.63) is 81.7 Å². The van der Waals surface area contributed by atoms with E-state index in [0.29, 0.717) is 32.9 Å². The highest BCUT2D eigenvalue weighted by atomic mass is 35.5. The Morgan fingerprint density at radius 3 is 2.67 bits per heavy atom. The molecular formula is C22H14Cl2N2O3S. The standard InChI is InChI=1S/C22H14Cl2N2O3S/c23-15-6-3-8-17(21(15)24)26-20(27)12-29-22(28)14-11-18(19-9-4-10-30-19)25-16-7-2-1-5-13(14)16/h1-11H,12H2,(H,26,27). The summed E-state index contributed by atoms with van der Waals surface area (Å²) < 4.78 is 5.26. The number of nitrogens with zero attached hydrogens (tertiary/aromatic N) is 1. The van der Waals surface area contributed by atoms with E-state index in [0.717, 1.165) is 4.88 Å². The lowest BCUT2D eigenvalue weighted by atomic mass is 10.1. The molecule has 0 radical (unpaired) electrons. The highest BCUT2D eigenvalue weighted by Crippen LogP contribution is 2.30. The van der Waals surface area contributed by atoms with Gasteiger partial charge in [-0.1, -0.05) is 53.5 Å². The van der Waals surface area contributed by atoms with Crippen LogP contribution in [0.25, 0.3) is 21.5 Å². The largest absolute Gasteiger partial charge is 0.452 e. The van der Waals surface area contributed by atoms with Crippen LogP contribution < -0.4 is 5.32 Å². The number of hydrogen-bond donors (Lipinski definition) is 1. The third-order valence-corrected chi connectivity index (χ3v) is 5.98. The first kappa shape index (κ1) is 20.3. The maximum atomic E-state index is 12.8. The van der Waals surface area contributed by atoms with E-state index in [1.54, 1.807) is 30.3 Å². The molecule has 0 bridgehead atoms. The van der Waals surface area contributed by atoms with Crippen LogP contribution in [0.1, 0.15) is 10.4 Å². The number of esters is 1. The Labute approximate surface area is 186 Å². The number of para-hydroxylation sites is 1. The summed E-state index contributed by atoms with van der Waals surface area (Å²) in [5.74, 6) is -1.14. The highest BCUT2D eigenvalue weighted by molar-refractivity contribution is 7.13. The Morgan fingerprint density at radius 2 is 1.87 bits per heavy atom. The second-order valence-electron chi connectivity index (χ2n) is 6.28. The fraction of sp³-hybridized carbons (Fsp3) is 0.0455. The number of anilines is 1. The summed E-state index contributed by atoms with van der Waals surface area (Å²) in [6.45, 7) is -0.466. The fourth-order valence-corrected chi connectivity index (χ4v) is 3.92. The SMILES string of the molecule is O=C(COC(=O)c1cc(-c2cccs2)nc2ccccc12)Nc1cccc(Cl)c1Cl. The van der Waals surface area contributed by atoms with Crippen LogP contribution in [0.3, 0.4) is 0 Å². The Bertz CT molecular complexity index is 1240. The van der Waals surface area contributed by atoms with Crippen LogP contribution in [-0.2, 0) is 9.53 Å². The van der Waals surface area contributed by atoms with Crippen LogP contribution >= 0.6 is 34.5 Å². The van der Waals surface area contributed by atoms with E-state index >= 15 is 0 Å². The number of halogens is 2. The molecule has 5 nitrogen and oxygen atoms in total. The molecule has 4 rings (SSSR count). The molecule has 0 saturated carbocycles. The Hall–Kier alpha value is -2.93. The van der Waals surface area contributed by atoms with Gasteiger partial charge < -0.3 is 10.1 Å². The van der Waals surface area contributed by atoms with Crippen molar-refractivity contribution in [3.8, 4) is 10.6 Å². The van der Waals surface area contributed by atoms with Crippen LogP contribution in [0.5, 0.6) is 0 Å². The molecule has 0 fully saturated rings. The van der Waals surface area contributed by atoms with E-state index < -0.39 is 18.5 Å². The summed E-state index contributed by atoms with van der Waals surface area (Å²) in [4.78, 5) is 30.6. The van der Waals surface area contributed by atoms with Crippen molar-refractivity contribution in [2.75, 3.05) is 11.9 Å². The van der Waals surface area contributed by atoms with Crippen molar-refractivity contribution in [2.24, 2.45) is 0 Å². The number of carbonyl (C=O) groups excluding carboxylic acids is 2. The number of amides is 1. The zero-order valence-electron chi connectivity index (χ0n) is 15.4. The molecular weight excluding hydrogens is 443 g/mol. The predicted octanol–water partition coefficient (Wildman–Crippen LogP) is 6.07. The second kappa shape index (κ2) is 8.83. The van der Waals surface area contributed by atoms with Crippen LogP contribution in [0.2, 0.25) is 10.0 Å². The van der Waals surface area contributed by atoms with Crippen LogP contribution in [0, 0.1) is 0 Å². The Kier molecular flexibility index (Phi) is 5.99. The number of thiophene rings is 1. The fourth-order valence-electron chi connectivity index (χ4n) is 2.89. The Balaban J connectivity index is 1.54. The van der Waals surface area contributed by atoms with Gasteiger partial charge in [-0.05, 0) is 35.7 Å². The summed E-state index contributed by atoms with van der Waals surface area (Å²) in [7, 11) is 0. The monoisotopic (exact) mass is 456 g/mol. The van der Waals surface area contributed by atoms with Crippen molar-refractivity contribution < 1.29 is 14.3 Å². The maximum absolute atomic E-state index is 12.8. The van der Waals surface area contributed by atoms with Crippen molar-refractivity contribution in [1.29, 1.82) is 0 Å². The van der Waals surface area contributed by atoms with Gasteiger partial charge in [-0.25, -0.2) is 9.78 Å². The van der Waals surface area contributed by atoms with Crippen LogP contribution in [0.4, 0.5) is 5.69 Å². The quantitative estimate of drug-likeness (QED) is 0.370. The molecule has 1 amide bonds. The Morgan fingerprint density at radius 1 is 1.03 bits per heavy atom. The van der Waals surface area contributed by atoms with E-state index in [4.69, 9.17) is 27.9 Å². The molecule has 0 atom stereocenters. The van der Waals surface area contributed by atoms with Crippen LogP contribution in [-0.4, -0.2) is 23.5 Å². The summed E-state index contributed by atoms with van der Waals surface area (Å²) >= 11 is 13.5. The molecule has 30 heavy (non-hydrogen) atoms. The maximum Gasteiger partial charge on any atom is 0.339 e. The molecule has 8 heteroatoms. The minimum Gasteiger partial charge on any atom is -0.452 e. The van der Waals surface area contributed by atoms with E-state index in [2.05, 4.69) is 10.3 Å². The lowest BCUT2D eigenvalue weighted by molar-refractivity contribution is -0.119. The van der Waals surface area contributed by atoms with Crippen molar-refractivity contribution >= 4 is 63.0 Å². The molecule has 0 spiro atoms. The summed E-state index contributed by atoms with van der Waals surface area (Å²) in [5.41, 5.74) is 2.04. The summed E-state index contributed by atoms with van der Waals surface area (Å²) in [6.07, 6.45) is 0. The van der Waals surface area contributed by atoms with Gasteiger partial charge in [-0.3, -0.25) is 4.79 Å². The minimum absolute atomic E-state index is 0.222. The first-order chi connectivity index (χ1) is 14.5. The van der Waals surface area contributed by atoms with Crippen LogP contribution in [0.15, 0.2) is 66.0 Å². The number of aromatic nitrogens is 1. The molecule has 2 heterocycles. The van der Waals surface area contributed by atoms with Crippen molar-refractivity contribution in [1.82, 2.24) is 4.98 Å². The van der Waals surface area contributed by atoms with E-state index in [9.17, 15) is 9.59 Å². The molecule has 2 aromatic carbocycles. The van der Waals surface area contributed by atoms with Gasteiger partial charge in [0.2, 0.25) is 0 Å². The lowest BCUT2D eigenvalue weighted by Crippen LogP contribution is -2.21. The number of ether oxygens (including phenoxy) is 1. The highest BCUT2D eigenvalue weighted by Gasteiger charge is 2.17. The first-order valence-electron chi connectivity index (χ1n) is 8.87. The number of pyridine rings is 1. The zero-order chi connectivity index (χ0) is 21.1. The van der Waals surface area contributed by atoms with Gasteiger partial charge >= 0.3 is 5.97 Å². The van der Waals surface area contributed by atoms with Gasteiger partial charge in [0.1, 0.15) is 0 Å². The van der Waals surface area contributed by atoms with Gasteiger partial charge in [0.15, 0.2) is 6.61 Å². The lowest BCUT2D eigenvalue weighted by Gasteiger charge is -2.11. The molecule has 150 valence electrons. The molecule has 0 aliphatic carbocycles. The normalized spacial score (nSPS) is 10.7. The van der Waals surface area contributed by atoms with Crippen molar-refractivity contribution in [3.63, 3.8) is 0 Å².